The van der Waals surface area contributed by atoms with Gasteiger partial charge in [0.2, 0.25) is 0 Å². The van der Waals surface area contributed by atoms with Crippen LogP contribution >= 0.6 is 0 Å². The van der Waals surface area contributed by atoms with Gasteiger partial charge in [-0.25, -0.2) is 4.39 Å². The molecule has 0 unspecified atom stereocenters. The number of hydrogen-bond acceptors (Lipinski definition) is 3. The quantitative estimate of drug-likeness (QED) is 0.371. The van der Waals surface area contributed by atoms with Crippen LogP contribution in [0.4, 0.5) is 10.1 Å². The van der Waals surface area contributed by atoms with E-state index in [4.69, 9.17) is 0 Å². The van der Waals surface area contributed by atoms with Gasteiger partial charge in [-0.15, -0.1) is 0 Å². The monoisotopic (exact) mass is 441 g/mol. The van der Waals surface area contributed by atoms with E-state index in [9.17, 15) is 9.18 Å². The van der Waals surface area contributed by atoms with Gasteiger partial charge in [-0.1, -0.05) is 58.3 Å². The van der Waals surface area contributed by atoms with Crippen LogP contribution in [0.3, 0.4) is 0 Å². The van der Waals surface area contributed by atoms with Gasteiger partial charge in [-0.2, -0.15) is 0 Å². The Morgan fingerprint density at radius 3 is 2.22 bits per heavy atom. The number of aromatic nitrogens is 1. The minimum atomic E-state index is -0.268. The first-order valence-corrected chi connectivity index (χ1v) is 13.0. The molecule has 1 saturated carbocycles. The molecule has 4 nitrogen and oxygen atoms in total. The van der Waals surface area contributed by atoms with Gasteiger partial charge in [-0.3, -0.25) is 9.69 Å². The van der Waals surface area contributed by atoms with Gasteiger partial charge in [0.15, 0.2) is 5.43 Å². The Morgan fingerprint density at radius 1 is 0.906 bits per heavy atom. The first kappa shape index (κ1) is 23.3. The SMILES string of the molecule is CCCCCCCCCCCN1CCN(c2cc3c(cc2F)c(=O)ccn3C2CC2)CC1. The first-order chi connectivity index (χ1) is 15.7. The lowest BCUT2D eigenvalue weighted by molar-refractivity contribution is 0.251. The van der Waals surface area contributed by atoms with Crippen molar-refractivity contribution in [3.05, 3.63) is 40.4 Å². The number of pyridine rings is 1. The Bertz CT molecular complexity index is 928. The predicted octanol–water partition coefficient (Wildman–Crippen LogP) is 6.13. The fraction of sp³-hybridized carbons (Fsp3) is 0.667. The van der Waals surface area contributed by atoms with E-state index in [0.29, 0.717) is 17.1 Å². The zero-order valence-electron chi connectivity index (χ0n) is 19.8. The molecule has 0 N–H and O–H groups in total. The molecule has 0 atom stereocenters. The maximum Gasteiger partial charge on any atom is 0.189 e. The highest BCUT2D eigenvalue weighted by atomic mass is 19.1. The van der Waals surface area contributed by atoms with E-state index in [1.807, 2.05) is 12.3 Å². The Morgan fingerprint density at radius 2 is 1.56 bits per heavy atom. The first-order valence-electron chi connectivity index (χ1n) is 13.0. The molecule has 0 radical (unpaired) electrons. The van der Waals surface area contributed by atoms with E-state index in [-0.39, 0.29) is 11.2 Å². The summed E-state index contributed by atoms with van der Waals surface area (Å²) < 4.78 is 17.1. The van der Waals surface area contributed by atoms with Gasteiger partial charge in [0, 0.05) is 49.9 Å². The predicted molar refractivity (Wildman–Crippen MR) is 132 cm³/mol. The fourth-order valence-corrected chi connectivity index (χ4v) is 5.05. The molecule has 0 spiro atoms. The van der Waals surface area contributed by atoms with Crippen molar-refractivity contribution in [3.63, 3.8) is 0 Å². The molecule has 1 aromatic carbocycles. The zero-order valence-corrected chi connectivity index (χ0v) is 19.8. The number of hydrogen-bond donors (Lipinski definition) is 0. The number of nitrogens with zero attached hydrogens (tertiary/aromatic N) is 3. The van der Waals surface area contributed by atoms with Crippen LogP contribution in [-0.2, 0) is 0 Å². The summed E-state index contributed by atoms with van der Waals surface area (Å²) in [5.74, 6) is -0.268. The maximum absolute atomic E-state index is 14.9. The van der Waals surface area contributed by atoms with Crippen molar-refractivity contribution in [1.29, 1.82) is 0 Å². The molecule has 2 aliphatic rings. The summed E-state index contributed by atoms with van der Waals surface area (Å²) >= 11 is 0. The van der Waals surface area contributed by atoms with Crippen LogP contribution < -0.4 is 10.3 Å². The number of piperazine rings is 1. The normalized spacial score (nSPS) is 17.4. The van der Waals surface area contributed by atoms with Crippen LogP contribution in [0.5, 0.6) is 0 Å². The standard InChI is InChI=1S/C27H40FN3O/c1-2-3-4-5-6-7-8-9-10-14-29-16-18-30(19-17-29)26-21-25-23(20-24(26)28)27(32)13-15-31(25)22-11-12-22/h13,15,20-22H,2-12,14,16-19H2,1H3. The largest absolute Gasteiger partial charge is 0.367 e. The number of benzene rings is 1. The van der Waals surface area contributed by atoms with E-state index < -0.39 is 0 Å². The van der Waals surface area contributed by atoms with Crippen molar-refractivity contribution in [2.24, 2.45) is 0 Å². The van der Waals surface area contributed by atoms with Crippen molar-refractivity contribution in [2.75, 3.05) is 37.6 Å². The number of rotatable bonds is 12. The average Bonchev–Trinajstić information content (AvgIpc) is 3.64. The molecule has 1 aliphatic carbocycles. The van der Waals surface area contributed by atoms with Crippen molar-refractivity contribution < 1.29 is 4.39 Å². The number of unbranched alkanes of at least 4 members (excludes halogenated alkanes) is 8. The number of fused-ring (bicyclic) bond motifs is 1. The van der Waals surface area contributed by atoms with Crippen molar-refractivity contribution in [3.8, 4) is 0 Å². The minimum Gasteiger partial charge on any atom is -0.367 e. The average molecular weight is 442 g/mol. The number of halogens is 1. The van der Waals surface area contributed by atoms with Crippen molar-refractivity contribution >= 4 is 16.6 Å². The van der Waals surface area contributed by atoms with Crippen LogP contribution in [0.15, 0.2) is 29.2 Å². The highest BCUT2D eigenvalue weighted by molar-refractivity contribution is 5.83. The van der Waals surface area contributed by atoms with Gasteiger partial charge < -0.3 is 9.47 Å². The zero-order chi connectivity index (χ0) is 22.3. The Labute approximate surface area is 192 Å². The second kappa shape index (κ2) is 11.3. The Kier molecular flexibility index (Phi) is 8.23. The van der Waals surface area contributed by atoms with Gasteiger partial charge >= 0.3 is 0 Å². The molecule has 2 fully saturated rings. The summed E-state index contributed by atoms with van der Waals surface area (Å²) in [7, 11) is 0. The second-order valence-corrected chi connectivity index (χ2v) is 9.80. The van der Waals surface area contributed by atoms with Gasteiger partial charge in [-0.05, 0) is 37.9 Å². The minimum absolute atomic E-state index is 0.0897. The third kappa shape index (κ3) is 5.92. The second-order valence-electron chi connectivity index (χ2n) is 9.80. The van der Waals surface area contributed by atoms with Gasteiger partial charge in [0.1, 0.15) is 5.82 Å². The summed E-state index contributed by atoms with van der Waals surface area (Å²) in [6.07, 6.45) is 16.4. The summed E-state index contributed by atoms with van der Waals surface area (Å²) in [5.41, 5.74) is 1.45. The van der Waals surface area contributed by atoms with Crippen LogP contribution in [-0.4, -0.2) is 42.2 Å². The third-order valence-electron chi connectivity index (χ3n) is 7.23. The molecule has 2 aromatic rings. The summed E-state index contributed by atoms with van der Waals surface area (Å²) in [6.45, 7) is 7.09. The highest BCUT2D eigenvalue weighted by Gasteiger charge is 2.26. The molecule has 176 valence electrons. The molecular formula is C27H40FN3O. The van der Waals surface area contributed by atoms with Gasteiger partial charge in [0.25, 0.3) is 0 Å². The molecule has 1 aliphatic heterocycles. The molecule has 0 bridgehead atoms. The van der Waals surface area contributed by atoms with Gasteiger partial charge in [0.05, 0.1) is 11.2 Å². The molecule has 32 heavy (non-hydrogen) atoms. The van der Waals surface area contributed by atoms with E-state index in [2.05, 4.69) is 21.3 Å². The summed E-state index contributed by atoms with van der Waals surface area (Å²) in [4.78, 5) is 17.0. The van der Waals surface area contributed by atoms with Crippen molar-refractivity contribution in [2.45, 2.75) is 83.6 Å². The third-order valence-corrected chi connectivity index (χ3v) is 7.23. The van der Waals surface area contributed by atoms with Crippen molar-refractivity contribution in [1.82, 2.24) is 9.47 Å². The van der Waals surface area contributed by atoms with Crippen LogP contribution in [0, 0.1) is 5.82 Å². The summed E-state index contributed by atoms with van der Waals surface area (Å²) in [5, 5.41) is 0.504. The maximum atomic E-state index is 14.9. The molecule has 1 saturated heterocycles. The highest BCUT2D eigenvalue weighted by Crippen LogP contribution is 2.37. The fourth-order valence-electron chi connectivity index (χ4n) is 5.05. The molecule has 1 aromatic heterocycles. The Hall–Kier alpha value is -1.88. The van der Waals surface area contributed by atoms with E-state index >= 15 is 0 Å². The van der Waals surface area contributed by atoms with Crippen LogP contribution in [0.1, 0.15) is 83.6 Å². The lowest BCUT2D eigenvalue weighted by Gasteiger charge is -2.36. The van der Waals surface area contributed by atoms with E-state index in [1.54, 1.807) is 6.07 Å². The van der Waals surface area contributed by atoms with E-state index in [1.165, 1.54) is 63.9 Å². The molecule has 0 amide bonds. The molecule has 5 heteroatoms. The smallest absolute Gasteiger partial charge is 0.189 e. The lowest BCUT2D eigenvalue weighted by Crippen LogP contribution is -2.47. The van der Waals surface area contributed by atoms with Crippen LogP contribution in [0.2, 0.25) is 0 Å². The van der Waals surface area contributed by atoms with E-state index in [0.717, 1.165) is 51.1 Å². The van der Waals surface area contributed by atoms with Crippen LogP contribution in [0.25, 0.3) is 10.9 Å². The number of anilines is 1. The molecule has 2 heterocycles. The topological polar surface area (TPSA) is 28.5 Å². The summed E-state index contributed by atoms with van der Waals surface area (Å²) in [6, 6.07) is 5.41. The molecular weight excluding hydrogens is 401 g/mol. The lowest BCUT2D eigenvalue weighted by atomic mass is 10.1. The Balaban J connectivity index is 1.25. The molecule has 4 rings (SSSR count).